The number of esters is 1. The van der Waals surface area contributed by atoms with Crippen molar-refractivity contribution in [3.05, 3.63) is 82.8 Å². The molecular weight excluding hydrogens is 602 g/mol. The molecule has 6 rings (SSSR count). The highest BCUT2D eigenvalue weighted by atomic mass is 32.2. The molecule has 4 aromatic rings. The summed E-state index contributed by atoms with van der Waals surface area (Å²) >= 11 is 1.33. The van der Waals surface area contributed by atoms with Crippen molar-refractivity contribution < 1.29 is 19.0 Å². The Morgan fingerprint density at radius 2 is 1.89 bits per heavy atom. The maximum Gasteiger partial charge on any atom is 0.360 e. The number of rotatable bonds is 10. The predicted octanol–water partition coefficient (Wildman–Crippen LogP) is 5.37. The minimum absolute atomic E-state index is 0.00690. The molecule has 1 aliphatic carbocycles. The first-order chi connectivity index (χ1) is 22.3. The third-order valence-corrected chi connectivity index (χ3v) is 9.91. The Kier molecular flexibility index (Phi) is 9.27. The second-order valence-corrected chi connectivity index (χ2v) is 12.6. The first-order valence-electron chi connectivity index (χ1n) is 15.4. The van der Waals surface area contributed by atoms with Gasteiger partial charge >= 0.3 is 5.97 Å². The second-order valence-electron chi connectivity index (χ2n) is 11.6. The van der Waals surface area contributed by atoms with Crippen molar-refractivity contribution in [2.24, 2.45) is 11.1 Å². The number of nitrogens with one attached hydrogen (secondary N) is 1. The van der Waals surface area contributed by atoms with Gasteiger partial charge in [-0.05, 0) is 79.6 Å². The van der Waals surface area contributed by atoms with E-state index >= 15 is 0 Å². The van der Waals surface area contributed by atoms with E-state index in [-0.39, 0.29) is 23.8 Å². The molecular formula is C34H39N7O4S. The number of carbonyl (C=O) groups excluding carboxylic acids is 1. The van der Waals surface area contributed by atoms with E-state index < -0.39 is 5.97 Å². The highest BCUT2D eigenvalue weighted by Crippen LogP contribution is 2.51. The van der Waals surface area contributed by atoms with E-state index in [0.29, 0.717) is 45.6 Å². The van der Waals surface area contributed by atoms with Gasteiger partial charge in [0.25, 0.3) is 0 Å². The van der Waals surface area contributed by atoms with Gasteiger partial charge in [-0.2, -0.15) is 0 Å². The molecule has 46 heavy (non-hydrogen) atoms. The van der Waals surface area contributed by atoms with Crippen molar-refractivity contribution in [2.45, 2.75) is 55.7 Å². The van der Waals surface area contributed by atoms with Crippen LogP contribution in [0.2, 0.25) is 0 Å². The van der Waals surface area contributed by atoms with Crippen molar-refractivity contribution in [1.82, 2.24) is 19.9 Å². The molecule has 3 N–H and O–H groups in total. The zero-order valence-electron chi connectivity index (χ0n) is 26.6. The summed E-state index contributed by atoms with van der Waals surface area (Å²) in [5.41, 5.74) is 11.3. The fraction of sp³-hybridized carbons (Fsp3) is 0.382. The van der Waals surface area contributed by atoms with E-state index in [1.165, 1.54) is 22.9 Å². The standard InChI is InChI=1S/C34H39N7O4S/c1-5-45-32(42)28-30(41-16-13-34(14-17-41)19-22-8-6-7-9-25(22)29(34)35)38-21(2)31(40-28)46-27-12-15-36-33(39-27)37-20-23-10-11-24(43-3)18-26(23)44-4/h6-12,15,18,29H,5,13-14,16-17,19-20,35H2,1-4H3,(H,36,37,39)/t29-/m1/s1. The fourth-order valence-electron chi connectivity index (χ4n) is 6.37. The number of nitrogens with two attached hydrogens (primary N) is 1. The third kappa shape index (κ3) is 6.32. The van der Waals surface area contributed by atoms with Gasteiger partial charge in [-0.15, -0.1) is 0 Å². The van der Waals surface area contributed by atoms with E-state index in [2.05, 4.69) is 44.5 Å². The summed E-state index contributed by atoms with van der Waals surface area (Å²) < 4.78 is 16.2. The minimum atomic E-state index is -0.490. The Bertz CT molecular complexity index is 1730. The molecule has 0 amide bonds. The van der Waals surface area contributed by atoms with Crippen LogP contribution in [0.4, 0.5) is 11.8 Å². The average molecular weight is 642 g/mol. The Balaban J connectivity index is 1.19. The number of benzene rings is 2. The van der Waals surface area contributed by atoms with Crippen LogP contribution in [0.25, 0.3) is 0 Å². The summed E-state index contributed by atoms with van der Waals surface area (Å²) in [5, 5.41) is 4.50. The van der Waals surface area contributed by atoms with Gasteiger partial charge in [0.1, 0.15) is 21.6 Å². The number of piperidine rings is 1. The fourth-order valence-corrected chi connectivity index (χ4v) is 7.16. The minimum Gasteiger partial charge on any atom is -0.497 e. The predicted molar refractivity (Wildman–Crippen MR) is 177 cm³/mol. The monoisotopic (exact) mass is 641 g/mol. The number of fused-ring (bicyclic) bond motifs is 1. The largest absolute Gasteiger partial charge is 0.497 e. The number of aromatic nitrogens is 4. The number of nitrogens with zero attached hydrogens (tertiary/aromatic N) is 5. The Labute approximate surface area is 273 Å². The number of methoxy groups -OCH3 is 2. The van der Waals surface area contributed by atoms with E-state index in [4.69, 9.17) is 29.9 Å². The topological polar surface area (TPSA) is 138 Å². The molecule has 12 heteroatoms. The highest BCUT2D eigenvalue weighted by molar-refractivity contribution is 7.99. The van der Waals surface area contributed by atoms with Gasteiger partial charge < -0.3 is 30.2 Å². The van der Waals surface area contributed by atoms with Gasteiger partial charge in [-0.1, -0.05) is 24.3 Å². The Morgan fingerprint density at radius 1 is 1.09 bits per heavy atom. The lowest BCUT2D eigenvalue weighted by molar-refractivity contribution is 0.0518. The van der Waals surface area contributed by atoms with Crippen LogP contribution in [0.3, 0.4) is 0 Å². The average Bonchev–Trinajstić information content (AvgIpc) is 3.35. The molecule has 3 heterocycles. The molecule has 1 fully saturated rings. The van der Waals surface area contributed by atoms with E-state index in [9.17, 15) is 4.79 Å². The molecule has 1 aliphatic heterocycles. The second kappa shape index (κ2) is 13.5. The molecule has 0 saturated carbocycles. The summed E-state index contributed by atoms with van der Waals surface area (Å²) in [7, 11) is 3.24. The van der Waals surface area contributed by atoms with Crippen LogP contribution >= 0.6 is 11.8 Å². The normalized spacial score (nSPS) is 16.6. The maximum atomic E-state index is 13.2. The van der Waals surface area contributed by atoms with Crippen molar-refractivity contribution in [2.75, 3.05) is 44.1 Å². The number of hydrogen-bond acceptors (Lipinski definition) is 12. The van der Waals surface area contributed by atoms with E-state index in [1.54, 1.807) is 33.4 Å². The molecule has 0 bridgehead atoms. The van der Waals surface area contributed by atoms with Gasteiger partial charge in [0.2, 0.25) is 5.95 Å². The summed E-state index contributed by atoms with van der Waals surface area (Å²) in [6.07, 6.45) is 4.47. The van der Waals surface area contributed by atoms with E-state index in [0.717, 1.165) is 37.9 Å². The van der Waals surface area contributed by atoms with Crippen LogP contribution in [0.5, 0.6) is 11.5 Å². The lowest BCUT2D eigenvalue weighted by atomic mass is 9.73. The van der Waals surface area contributed by atoms with Gasteiger partial charge in [0.15, 0.2) is 11.5 Å². The van der Waals surface area contributed by atoms with Crippen LogP contribution in [0, 0.1) is 12.3 Å². The number of carbonyl (C=O) groups is 1. The summed E-state index contributed by atoms with van der Waals surface area (Å²) in [4.78, 5) is 34.1. The van der Waals surface area contributed by atoms with Crippen LogP contribution in [0.1, 0.15) is 58.7 Å². The Hall–Kier alpha value is -4.42. The van der Waals surface area contributed by atoms with Crippen molar-refractivity contribution >= 4 is 29.5 Å². The highest BCUT2D eigenvalue weighted by Gasteiger charge is 2.46. The van der Waals surface area contributed by atoms with Crippen LogP contribution < -0.4 is 25.4 Å². The number of anilines is 2. The lowest BCUT2D eigenvalue weighted by Gasteiger charge is -2.42. The quantitative estimate of drug-likeness (QED) is 0.170. The molecule has 11 nitrogen and oxygen atoms in total. The van der Waals surface area contributed by atoms with Gasteiger partial charge in [-0.25, -0.2) is 24.7 Å². The van der Waals surface area contributed by atoms with E-state index in [1.807, 2.05) is 25.1 Å². The van der Waals surface area contributed by atoms with Gasteiger partial charge in [0.05, 0.1) is 26.5 Å². The summed E-state index contributed by atoms with van der Waals surface area (Å²) in [5.74, 6) is 1.93. The smallest absolute Gasteiger partial charge is 0.360 e. The first kappa shape index (κ1) is 31.6. The van der Waals surface area contributed by atoms with Crippen molar-refractivity contribution in [1.29, 1.82) is 0 Å². The van der Waals surface area contributed by atoms with Gasteiger partial charge in [-0.3, -0.25) is 0 Å². The zero-order valence-corrected chi connectivity index (χ0v) is 27.4. The molecule has 1 atom stereocenters. The SMILES string of the molecule is CCOC(=O)c1nc(Sc2ccnc(NCc3ccc(OC)cc3OC)n2)c(C)nc1N1CCC2(CC1)Cc1ccccc1[C@H]2N. The summed E-state index contributed by atoms with van der Waals surface area (Å²) in [6.45, 7) is 5.85. The number of aryl methyl sites for hydroxylation is 1. The third-order valence-electron chi connectivity index (χ3n) is 8.89. The van der Waals surface area contributed by atoms with Crippen molar-refractivity contribution in [3.63, 3.8) is 0 Å². The first-order valence-corrected chi connectivity index (χ1v) is 16.3. The zero-order chi connectivity index (χ0) is 32.3. The molecule has 2 aromatic carbocycles. The number of ether oxygens (including phenoxy) is 3. The Morgan fingerprint density at radius 3 is 2.63 bits per heavy atom. The molecule has 2 aromatic heterocycles. The molecule has 2 aliphatic rings. The lowest BCUT2D eigenvalue weighted by Crippen LogP contribution is -2.45. The van der Waals surface area contributed by atoms with Crippen LogP contribution in [-0.2, 0) is 17.7 Å². The van der Waals surface area contributed by atoms with Crippen LogP contribution in [-0.4, -0.2) is 59.8 Å². The van der Waals surface area contributed by atoms with Crippen LogP contribution in [0.15, 0.2) is 64.8 Å². The molecule has 0 unspecified atom stereocenters. The summed E-state index contributed by atoms with van der Waals surface area (Å²) in [6, 6.07) is 15.9. The molecule has 1 saturated heterocycles. The molecule has 1 spiro atoms. The maximum absolute atomic E-state index is 13.2. The van der Waals surface area contributed by atoms with Crippen molar-refractivity contribution in [3.8, 4) is 11.5 Å². The van der Waals surface area contributed by atoms with Gasteiger partial charge in [0, 0.05) is 43.5 Å². The molecule has 0 radical (unpaired) electrons. The molecule has 240 valence electrons. The number of hydrogen-bond donors (Lipinski definition) is 2.